The van der Waals surface area contributed by atoms with Crippen LogP contribution in [0.5, 0.6) is 5.75 Å². The molecule has 0 spiro atoms. The van der Waals surface area contributed by atoms with Crippen LogP contribution in [0, 0.1) is 20.8 Å². The van der Waals surface area contributed by atoms with Gasteiger partial charge in [0, 0.05) is 31.9 Å². The van der Waals surface area contributed by atoms with Crippen molar-refractivity contribution in [3.8, 4) is 5.75 Å². The molecule has 0 atom stereocenters. The van der Waals surface area contributed by atoms with Crippen LogP contribution in [0.3, 0.4) is 0 Å². The second kappa shape index (κ2) is 8.80. The molecule has 2 aromatic carbocycles. The highest BCUT2D eigenvalue weighted by Gasteiger charge is 2.22. The van der Waals surface area contributed by atoms with Crippen molar-refractivity contribution < 1.29 is 9.53 Å². The number of anilines is 1. The lowest BCUT2D eigenvalue weighted by molar-refractivity contribution is 0.191. The summed E-state index contributed by atoms with van der Waals surface area (Å²) in [6.45, 7) is 10.5. The number of amides is 2. The lowest BCUT2D eigenvalue weighted by Gasteiger charge is -2.37. The number of aryl methyl sites for hydroxylation is 2. The minimum absolute atomic E-state index is 0.0107. The van der Waals surface area contributed by atoms with Gasteiger partial charge in [-0.2, -0.15) is 0 Å². The number of urea groups is 1. The number of piperazine rings is 1. The average molecular weight is 367 g/mol. The first-order valence-electron chi connectivity index (χ1n) is 9.58. The predicted octanol–water partition coefficient (Wildman–Crippen LogP) is 3.52. The fourth-order valence-corrected chi connectivity index (χ4v) is 3.37. The summed E-state index contributed by atoms with van der Waals surface area (Å²) in [6, 6.07) is 14.3. The zero-order valence-corrected chi connectivity index (χ0v) is 16.5. The molecule has 1 saturated heterocycles. The predicted molar refractivity (Wildman–Crippen MR) is 110 cm³/mol. The Balaban J connectivity index is 1.41. The molecular formula is C22H29N3O2. The van der Waals surface area contributed by atoms with Crippen LogP contribution >= 0.6 is 0 Å². The first-order chi connectivity index (χ1) is 13.0. The zero-order valence-electron chi connectivity index (χ0n) is 16.5. The molecular weight excluding hydrogens is 338 g/mol. The molecule has 1 heterocycles. The molecule has 3 rings (SSSR count). The first kappa shape index (κ1) is 19.1. The third-order valence-corrected chi connectivity index (χ3v) is 5.12. The lowest BCUT2D eigenvalue weighted by Crippen LogP contribution is -2.52. The molecule has 1 aliphatic heterocycles. The van der Waals surface area contributed by atoms with Gasteiger partial charge in [-0.05, 0) is 55.7 Å². The summed E-state index contributed by atoms with van der Waals surface area (Å²) in [6.07, 6.45) is 0. The minimum Gasteiger partial charge on any atom is -0.492 e. The molecule has 144 valence electrons. The number of hydrogen-bond donors (Lipinski definition) is 1. The summed E-state index contributed by atoms with van der Waals surface area (Å²) >= 11 is 0. The Hall–Kier alpha value is -2.69. The van der Waals surface area contributed by atoms with Crippen LogP contribution in [0.2, 0.25) is 0 Å². The second-order valence-corrected chi connectivity index (χ2v) is 7.09. The molecule has 5 heteroatoms. The van der Waals surface area contributed by atoms with Gasteiger partial charge < -0.3 is 19.9 Å². The van der Waals surface area contributed by atoms with Gasteiger partial charge in [0.25, 0.3) is 0 Å². The quantitative estimate of drug-likeness (QED) is 0.823. The van der Waals surface area contributed by atoms with Gasteiger partial charge in [0.15, 0.2) is 0 Å². The standard InChI is InChI=1S/C22H29N3O2/c1-17-6-4-8-20(16-17)27-15-10-23-22(26)25-13-11-24(12-14-25)21-9-5-7-18(2)19(21)3/h4-9,16H,10-15H2,1-3H3,(H,23,26). The molecule has 0 aliphatic carbocycles. The maximum Gasteiger partial charge on any atom is 0.317 e. The van der Waals surface area contributed by atoms with Gasteiger partial charge >= 0.3 is 6.03 Å². The third-order valence-electron chi connectivity index (χ3n) is 5.12. The van der Waals surface area contributed by atoms with E-state index in [4.69, 9.17) is 4.74 Å². The number of nitrogens with one attached hydrogen (secondary N) is 1. The molecule has 2 amide bonds. The number of rotatable bonds is 5. The summed E-state index contributed by atoms with van der Waals surface area (Å²) in [5.41, 5.74) is 5.07. The summed E-state index contributed by atoms with van der Waals surface area (Å²) < 4.78 is 5.68. The van der Waals surface area contributed by atoms with Crippen LogP contribution in [-0.2, 0) is 0 Å². The molecule has 0 saturated carbocycles. The van der Waals surface area contributed by atoms with Crippen molar-refractivity contribution in [1.82, 2.24) is 10.2 Å². The topological polar surface area (TPSA) is 44.8 Å². The highest BCUT2D eigenvalue weighted by atomic mass is 16.5. The van der Waals surface area contributed by atoms with Crippen LogP contribution in [-0.4, -0.2) is 50.3 Å². The monoisotopic (exact) mass is 367 g/mol. The van der Waals surface area contributed by atoms with E-state index in [1.54, 1.807) is 0 Å². The maximum atomic E-state index is 12.4. The van der Waals surface area contributed by atoms with Crippen molar-refractivity contribution in [3.63, 3.8) is 0 Å². The number of benzene rings is 2. The van der Waals surface area contributed by atoms with Crippen LogP contribution in [0.1, 0.15) is 16.7 Å². The molecule has 0 radical (unpaired) electrons. The van der Waals surface area contributed by atoms with Crippen molar-refractivity contribution >= 4 is 11.7 Å². The molecule has 27 heavy (non-hydrogen) atoms. The first-order valence-corrected chi connectivity index (χ1v) is 9.58. The van der Waals surface area contributed by atoms with Crippen LogP contribution in [0.4, 0.5) is 10.5 Å². The van der Waals surface area contributed by atoms with Gasteiger partial charge in [0.1, 0.15) is 12.4 Å². The fourth-order valence-electron chi connectivity index (χ4n) is 3.37. The Morgan fingerprint density at radius 3 is 2.52 bits per heavy atom. The van der Waals surface area contributed by atoms with Crippen LogP contribution in [0.25, 0.3) is 0 Å². The van der Waals surface area contributed by atoms with Gasteiger partial charge in [-0.3, -0.25) is 0 Å². The molecule has 1 aliphatic rings. The number of ether oxygens (including phenoxy) is 1. The van der Waals surface area contributed by atoms with Gasteiger partial charge in [-0.1, -0.05) is 24.3 Å². The van der Waals surface area contributed by atoms with Crippen molar-refractivity contribution in [2.75, 3.05) is 44.2 Å². The lowest BCUT2D eigenvalue weighted by atomic mass is 10.1. The molecule has 1 N–H and O–H groups in total. The molecule has 5 nitrogen and oxygen atoms in total. The Morgan fingerprint density at radius 2 is 1.78 bits per heavy atom. The molecule has 0 bridgehead atoms. The fraction of sp³-hybridized carbons (Fsp3) is 0.409. The van der Waals surface area contributed by atoms with Crippen molar-refractivity contribution in [3.05, 3.63) is 59.2 Å². The maximum absolute atomic E-state index is 12.4. The highest BCUT2D eigenvalue weighted by molar-refractivity contribution is 5.74. The largest absolute Gasteiger partial charge is 0.492 e. The molecule has 0 aromatic heterocycles. The summed E-state index contributed by atoms with van der Waals surface area (Å²) in [5, 5.41) is 2.96. The SMILES string of the molecule is Cc1cccc(OCCNC(=O)N2CCN(c3cccc(C)c3C)CC2)c1. The van der Waals surface area contributed by atoms with E-state index in [9.17, 15) is 4.79 Å². The van der Waals surface area contributed by atoms with E-state index in [0.717, 1.165) is 31.9 Å². The molecule has 1 fully saturated rings. The van der Waals surface area contributed by atoms with Gasteiger partial charge in [-0.15, -0.1) is 0 Å². The zero-order chi connectivity index (χ0) is 19.2. The number of carbonyl (C=O) groups is 1. The van der Waals surface area contributed by atoms with E-state index in [1.165, 1.54) is 22.4 Å². The van der Waals surface area contributed by atoms with Crippen LogP contribution < -0.4 is 15.0 Å². The van der Waals surface area contributed by atoms with Gasteiger partial charge in [0.2, 0.25) is 0 Å². The number of hydrogen-bond acceptors (Lipinski definition) is 3. The smallest absolute Gasteiger partial charge is 0.317 e. The van der Waals surface area contributed by atoms with Crippen molar-refractivity contribution in [1.29, 1.82) is 0 Å². The van der Waals surface area contributed by atoms with E-state index in [1.807, 2.05) is 36.1 Å². The van der Waals surface area contributed by atoms with Gasteiger partial charge in [-0.25, -0.2) is 4.79 Å². The van der Waals surface area contributed by atoms with E-state index in [2.05, 4.69) is 42.3 Å². The van der Waals surface area contributed by atoms with E-state index < -0.39 is 0 Å². The van der Waals surface area contributed by atoms with Crippen molar-refractivity contribution in [2.45, 2.75) is 20.8 Å². The third kappa shape index (κ3) is 4.94. The molecule has 2 aromatic rings. The van der Waals surface area contributed by atoms with Crippen molar-refractivity contribution in [2.24, 2.45) is 0 Å². The number of carbonyl (C=O) groups excluding carboxylic acids is 1. The highest BCUT2D eigenvalue weighted by Crippen LogP contribution is 2.23. The Bertz CT molecular complexity index is 783. The summed E-state index contributed by atoms with van der Waals surface area (Å²) in [4.78, 5) is 16.6. The Labute approximate surface area is 161 Å². The van der Waals surface area contributed by atoms with E-state index in [-0.39, 0.29) is 6.03 Å². The normalized spacial score (nSPS) is 14.2. The van der Waals surface area contributed by atoms with E-state index in [0.29, 0.717) is 13.2 Å². The second-order valence-electron chi connectivity index (χ2n) is 7.09. The Kier molecular flexibility index (Phi) is 6.22. The molecule has 0 unspecified atom stereocenters. The number of nitrogens with zero attached hydrogens (tertiary/aromatic N) is 2. The summed E-state index contributed by atoms with van der Waals surface area (Å²) in [5.74, 6) is 0.839. The van der Waals surface area contributed by atoms with Gasteiger partial charge in [0.05, 0.1) is 6.54 Å². The van der Waals surface area contributed by atoms with Crippen LogP contribution in [0.15, 0.2) is 42.5 Å². The van der Waals surface area contributed by atoms with E-state index >= 15 is 0 Å². The minimum atomic E-state index is -0.0107. The summed E-state index contributed by atoms with van der Waals surface area (Å²) in [7, 11) is 0. The average Bonchev–Trinajstić information content (AvgIpc) is 2.67. The Morgan fingerprint density at radius 1 is 1.04 bits per heavy atom.